The number of carbonyl (C=O) groups is 2. The first-order valence-electron chi connectivity index (χ1n) is 19.1. The molecule has 1 radical (unpaired) electrons. The normalized spacial score (nSPS) is 11.5. The van der Waals surface area contributed by atoms with Crippen molar-refractivity contribution in [2.45, 2.75) is 91.4 Å². The molecular formula is C46H48BCl2F6N2O2Zr. The van der Waals surface area contributed by atoms with Crippen LogP contribution in [-0.2, 0) is 53.6 Å². The van der Waals surface area contributed by atoms with Gasteiger partial charge in [0, 0.05) is 12.8 Å². The molecule has 0 bridgehead atoms. The van der Waals surface area contributed by atoms with E-state index in [9.17, 15) is 35.9 Å². The molecule has 0 aliphatic heterocycles. The molecule has 14 heteroatoms. The predicted octanol–water partition coefficient (Wildman–Crippen LogP) is 14.0. The molecule has 0 saturated carbocycles. The number of hydrogen-bond donors (Lipinski definition) is 2. The van der Waals surface area contributed by atoms with Gasteiger partial charge < -0.3 is 10.5 Å². The van der Waals surface area contributed by atoms with Crippen molar-refractivity contribution >= 4 is 57.9 Å². The number of nitrogens with one attached hydrogen (secondary N) is 2. The summed E-state index contributed by atoms with van der Waals surface area (Å²) in [5.74, 6) is -0.220. The number of rotatable bonds is 6. The van der Waals surface area contributed by atoms with Gasteiger partial charge in [0.1, 0.15) is 0 Å². The maximum atomic E-state index is 13.3. The predicted molar refractivity (Wildman–Crippen MR) is 232 cm³/mol. The summed E-state index contributed by atoms with van der Waals surface area (Å²) < 4.78 is 80.0. The second kappa shape index (κ2) is 21.8. The van der Waals surface area contributed by atoms with Crippen molar-refractivity contribution in [3.63, 3.8) is 0 Å². The average molecular weight is 948 g/mol. The molecule has 60 heavy (non-hydrogen) atoms. The number of hydrogen-bond acceptors (Lipinski definition) is 2. The van der Waals surface area contributed by atoms with Crippen LogP contribution < -0.4 is 10.5 Å². The number of fused-ring (bicyclic) bond motifs is 2. The SMILES string of the molecule is CC(C)(C)c1cc2c(-c3ccccc3C(F)(F)F)cccc2[cH-]1.CC(C)(C)c1cc2c(-c3ccccc3C(F)(F)F)cccc2[cH-]1.CCC(=O)N[B]NC(=O)CC.[Cl][Zr+2][Cl]. The van der Waals surface area contributed by atoms with Gasteiger partial charge in [0.15, 0.2) is 0 Å². The average Bonchev–Trinajstić information content (AvgIpc) is 3.84. The molecule has 6 rings (SSSR count). The van der Waals surface area contributed by atoms with E-state index in [1.54, 1.807) is 50.2 Å². The van der Waals surface area contributed by atoms with Gasteiger partial charge in [0.25, 0.3) is 0 Å². The Morgan fingerprint density at radius 1 is 0.567 bits per heavy atom. The molecule has 0 aromatic heterocycles. The fraction of sp³-hybridized carbons (Fsp3) is 0.304. The zero-order valence-electron chi connectivity index (χ0n) is 34.7. The summed E-state index contributed by atoms with van der Waals surface area (Å²) in [6, 6.07) is 30.7. The summed E-state index contributed by atoms with van der Waals surface area (Å²) in [6.45, 7) is 16.1. The minimum atomic E-state index is -4.36. The van der Waals surface area contributed by atoms with Crippen LogP contribution in [-0.4, -0.2) is 19.4 Å². The van der Waals surface area contributed by atoms with E-state index in [2.05, 4.69) is 64.1 Å². The van der Waals surface area contributed by atoms with Gasteiger partial charge in [-0.15, -0.1) is 69.1 Å². The van der Waals surface area contributed by atoms with Gasteiger partial charge in [-0.05, 0) is 34.1 Å². The number of halogens is 8. The molecule has 0 heterocycles. The van der Waals surface area contributed by atoms with Crippen molar-refractivity contribution in [3.8, 4) is 22.3 Å². The molecule has 0 spiro atoms. The summed E-state index contributed by atoms with van der Waals surface area (Å²) in [7, 11) is 11.1. The van der Waals surface area contributed by atoms with Crippen molar-refractivity contribution in [2.24, 2.45) is 0 Å². The summed E-state index contributed by atoms with van der Waals surface area (Å²) in [4.78, 5) is 21.2. The van der Waals surface area contributed by atoms with Crippen LogP contribution in [0.2, 0.25) is 0 Å². The molecule has 0 atom stereocenters. The van der Waals surface area contributed by atoms with E-state index < -0.39 is 44.3 Å². The van der Waals surface area contributed by atoms with E-state index in [4.69, 9.17) is 17.0 Å². The quantitative estimate of drug-likeness (QED) is 0.0993. The summed E-state index contributed by atoms with van der Waals surface area (Å²) in [5.41, 5.74) is 2.72. The Kier molecular flexibility index (Phi) is 18.3. The van der Waals surface area contributed by atoms with Gasteiger partial charge in [0.05, 0.1) is 11.1 Å². The van der Waals surface area contributed by atoms with Gasteiger partial charge in [0.2, 0.25) is 11.8 Å². The third-order valence-corrected chi connectivity index (χ3v) is 9.39. The standard InChI is InChI=1S/2C20H18F3.C6H12BN2O2.2ClH.Zr/c2*1-19(2,3)14-11-13-7-6-9-15(17(13)12-14)16-8-4-5-10-18(16)20(21,22)23;1-3-5(10)8-7-9-6(11)4-2;;;/h2*4-12H,1-3H3;3-4H2,1-2H3,(H,8,10)(H,9,11);2*1H;/q2*-1;;;;+4/p-2. The summed E-state index contributed by atoms with van der Waals surface area (Å²) in [6.07, 6.45) is -7.90. The summed E-state index contributed by atoms with van der Waals surface area (Å²) in [5, 5.41) is 8.50. The molecule has 0 aliphatic carbocycles. The third kappa shape index (κ3) is 14.1. The molecule has 2 N–H and O–H groups in total. The number of carbonyl (C=O) groups excluding carboxylic acids is 2. The zero-order chi connectivity index (χ0) is 45.1. The van der Waals surface area contributed by atoms with Crippen molar-refractivity contribution in [1.82, 2.24) is 10.5 Å². The summed E-state index contributed by atoms with van der Waals surface area (Å²) >= 11 is -0.826. The first kappa shape index (κ1) is 50.5. The Hall–Kier alpha value is -3.85. The molecule has 6 aromatic rings. The van der Waals surface area contributed by atoms with Crippen molar-refractivity contribution < 1.29 is 56.8 Å². The Morgan fingerprint density at radius 3 is 1.18 bits per heavy atom. The van der Waals surface area contributed by atoms with Crippen molar-refractivity contribution in [2.75, 3.05) is 0 Å². The molecule has 4 nitrogen and oxygen atoms in total. The monoisotopic (exact) mass is 945 g/mol. The number of alkyl halides is 6. The zero-order valence-corrected chi connectivity index (χ0v) is 38.7. The van der Waals surface area contributed by atoms with E-state index in [1.807, 2.05) is 36.4 Å². The van der Waals surface area contributed by atoms with Crippen LogP contribution in [0.15, 0.2) is 109 Å². The van der Waals surface area contributed by atoms with Crippen molar-refractivity contribution in [3.05, 3.63) is 131 Å². The van der Waals surface area contributed by atoms with E-state index in [-0.39, 0.29) is 33.8 Å². The van der Waals surface area contributed by atoms with Crippen LogP contribution in [0.4, 0.5) is 26.3 Å². The molecule has 0 aliphatic rings. The van der Waals surface area contributed by atoms with Crippen LogP contribution in [0.25, 0.3) is 43.8 Å². The van der Waals surface area contributed by atoms with E-state index in [1.165, 1.54) is 19.7 Å². The van der Waals surface area contributed by atoms with Gasteiger partial charge >= 0.3 is 57.8 Å². The Labute approximate surface area is 368 Å². The second-order valence-electron chi connectivity index (χ2n) is 15.7. The fourth-order valence-corrected chi connectivity index (χ4v) is 6.14. The molecule has 6 aromatic carbocycles. The third-order valence-electron chi connectivity index (χ3n) is 9.39. The topological polar surface area (TPSA) is 58.2 Å². The van der Waals surface area contributed by atoms with Crippen LogP contribution in [0, 0.1) is 0 Å². The minimum absolute atomic E-state index is 0.0418. The number of amides is 2. The Morgan fingerprint density at radius 2 is 0.883 bits per heavy atom. The van der Waals surface area contributed by atoms with Gasteiger partial charge in [-0.25, -0.2) is 0 Å². The van der Waals surface area contributed by atoms with Crippen molar-refractivity contribution in [1.29, 1.82) is 0 Å². The van der Waals surface area contributed by atoms with E-state index in [0.29, 0.717) is 24.0 Å². The van der Waals surface area contributed by atoms with Gasteiger partial charge in [-0.3, -0.25) is 9.59 Å². The van der Waals surface area contributed by atoms with Crippen LogP contribution in [0.5, 0.6) is 0 Å². The molecule has 0 unspecified atom stereocenters. The fourth-order valence-electron chi connectivity index (χ4n) is 6.14. The molecular weight excluding hydrogens is 899 g/mol. The Balaban J connectivity index is 0.000000247. The van der Waals surface area contributed by atoms with Gasteiger partial charge in [-0.2, -0.15) is 38.5 Å². The van der Waals surface area contributed by atoms with E-state index >= 15 is 0 Å². The molecule has 317 valence electrons. The number of benzene rings is 4. The first-order chi connectivity index (χ1) is 28.0. The van der Waals surface area contributed by atoms with Crippen LogP contribution in [0.3, 0.4) is 0 Å². The van der Waals surface area contributed by atoms with E-state index in [0.717, 1.165) is 44.8 Å². The van der Waals surface area contributed by atoms with Crippen LogP contribution >= 0.6 is 17.0 Å². The van der Waals surface area contributed by atoms with Crippen LogP contribution in [0.1, 0.15) is 90.5 Å². The Bertz CT molecular complexity index is 2180. The molecule has 2 amide bonds. The molecule has 0 saturated heterocycles. The first-order valence-corrected chi connectivity index (χ1v) is 25.4. The second-order valence-corrected chi connectivity index (χ2v) is 19.5. The maximum absolute atomic E-state index is 13.3. The molecule has 0 fully saturated rings. The van der Waals surface area contributed by atoms with Gasteiger partial charge in [-0.1, -0.05) is 115 Å².